The number of benzene rings is 3. The predicted octanol–water partition coefficient (Wildman–Crippen LogP) is 6.09. The lowest BCUT2D eigenvalue weighted by Crippen LogP contribution is -2.12. The van der Waals surface area contributed by atoms with Crippen molar-refractivity contribution in [1.29, 1.82) is 0 Å². The van der Waals surface area contributed by atoms with Gasteiger partial charge in [0, 0.05) is 21.8 Å². The highest BCUT2D eigenvalue weighted by molar-refractivity contribution is 6.37. The van der Waals surface area contributed by atoms with E-state index in [1.54, 1.807) is 36.4 Å². The number of amides is 1. The van der Waals surface area contributed by atoms with Crippen molar-refractivity contribution in [3.05, 3.63) is 98.5 Å². The normalized spacial score (nSPS) is 10.5. The first kappa shape index (κ1) is 19.2. The predicted molar refractivity (Wildman–Crippen MR) is 110 cm³/mol. The SMILES string of the molecule is Cc1ccc(C)c(C(=O)c2ccc(NC(=O)c3ccc(Cl)cc3Cl)cc2)c1. The first-order valence-electron chi connectivity index (χ1n) is 8.33. The average Bonchev–Trinajstić information content (AvgIpc) is 2.63. The fraction of sp³-hybridized carbons (Fsp3) is 0.0909. The van der Waals surface area contributed by atoms with Crippen LogP contribution in [0.5, 0.6) is 0 Å². The molecule has 5 heteroatoms. The van der Waals surface area contributed by atoms with Gasteiger partial charge >= 0.3 is 0 Å². The molecule has 3 nitrogen and oxygen atoms in total. The summed E-state index contributed by atoms with van der Waals surface area (Å²) in [5.74, 6) is -0.389. The second kappa shape index (κ2) is 7.95. The van der Waals surface area contributed by atoms with Crippen LogP contribution in [0, 0.1) is 13.8 Å². The van der Waals surface area contributed by atoms with E-state index < -0.39 is 0 Å². The lowest BCUT2D eigenvalue weighted by molar-refractivity contribution is 0.102. The Kier molecular flexibility index (Phi) is 5.64. The van der Waals surface area contributed by atoms with E-state index in [0.717, 1.165) is 11.1 Å². The van der Waals surface area contributed by atoms with Crippen LogP contribution in [0.4, 0.5) is 5.69 Å². The average molecular weight is 398 g/mol. The van der Waals surface area contributed by atoms with E-state index in [1.807, 2.05) is 32.0 Å². The minimum absolute atomic E-state index is 0.0465. The second-order valence-corrected chi connectivity index (χ2v) is 7.15. The summed E-state index contributed by atoms with van der Waals surface area (Å²) in [6, 6.07) is 17.3. The van der Waals surface area contributed by atoms with Gasteiger partial charge in [-0.2, -0.15) is 0 Å². The molecule has 3 rings (SSSR count). The lowest BCUT2D eigenvalue weighted by Gasteiger charge is -2.09. The van der Waals surface area contributed by atoms with Gasteiger partial charge in [-0.05, 0) is 67.9 Å². The number of halogens is 2. The van der Waals surface area contributed by atoms with Crippen LogP contribution in [0.15, 0.2) is 60.7 Å². The molecule has 0 atom stereocenters. The third-order valence-electron chi connectivity index (χ3n) is 4.22. The van der Waals surface area contributed by atoms with E-state index in [1.165, 1.54) is 6.07 Å². The summed E-state index contributed by atoms with van der Waals surface area (Å²) in [7, 11) is 0. The fourth-order valence-corrected chi connectivity index (χ4v) is 3.21. The van der Waals surface area contributed by atoms with E-state index in [0.29, 0.717) is 27.4 Å². The number of rotatable bonds is 4. The van der Waals surface area contributed by atoms with E-state index in [-0.39, 0.29) is 16.7 Å². The zero-order chi connectivity index (χ0) is 19.6. The molecule has 0 aliphatic heterocycles. The van der Waals surface area contributed by atoms with E-state index in [9.17, 15) is 9.59 Å². The smallest absolute Gasteiger partial charge is 0.257 e. The quantitative estimate of drug-likeness (QED) is 0.541. The number of aryl methyl sites for hydroxylation is 2. The van der Waals surface area contributed by atoms with E-state index in [4.69, 9.17) is 23.2 Å². The molecule has 0 unspecified atom stereocenters. The topological polar surface area (TPSA) is 46.2 Å². The van der Waals surface area contributed by atoms with E-state index in [2.05, 4.69) is 5.32 Å². The first-order chi connectivity index (χ1) is 12.8. The Morgan fingerprint density at radius 2 is 1.52 bits per heavy atom. The Morgan fingerprint density at radius 3 is 2.19 bits per heavy atom. The Labute approximate surface area is 167 Å². The van der Waals surface area contributed by atoms with Gasteiger partial charge < -0.3 is 5.32 Å². The van der Waals surface area contributed by atoms with Crippen molar-refractivity contribution in [2.75, 3.05) is 5.32 Å². The van der Waals surface area contributed by atoms with Gasteiger partial charge in [0.1, 0.15) is 0 Å². The van der Waals surface area contributed by atoms with Crippen molar-refractivity contribution in [2.24, 2.45) is 0 Å². The fourth-order valence-electron chi connectivity index (χ4n) is 2.71. The van der Waals surface area contributed by atoms with Gasteiger partial charge in [0.2, 0.25) is 0 Å². The molecule has 1 amide bonds. The van der Waals surface area contributed by atoms with Crippen molar-refractivity contribution >= 4 is 40.6 Å². The zero-order valence-corrected chi connectivity index (χ0v) is 16.4. The van der Waals surface area contributed by atoms with Gasteiger partial charge in [-0.1, -0.05) is 40.9 Å². The van der Waals surface area contributed by atoms with Crippen molar-refractivity contribution in [1.82, 2.24) is 0 Å². The Hall–Kier alpha value is -2.62. The largest absolute Gasteiger partial charge is 0.322 e. The molecule has 0 saturated heterocycles. The Balaban J connectivity index is 1.78. The van der Waals surface area contributed by atoms with Crippen LogP contribution < -0.4 is 5.32 Å². The van der Waals surface area contributed by atoms with Gasteiger partial charge in [-0.25, -0.2) is 0 Å². The number of ketones is 1. The number of hydrogen-bond donors (Lipinski definition) is 1. The molecule has 27 heavy (non-hydrogen) atoms. The highest BCUT2D eigenvalue weighted by atomic mass is 35.5. The van der Waals surface area contributed by atoms with E-state index >= 15 is 0 Å². The maximum Gasteiger partial charge on any atom is 0.257 e. The second-order valence-electron chi connectivity index (χ2n) is 6.30. The number of anilines is 1. The minimum atomic E-state index is -0.342. The van der Waals surface area contributed by atoms with Gasteiger partial charge in [0.25, 0.3) is 5.91 Å². The number of carbonyl (C=O) groups excluding carboxylic acids is 2. The third-order valence-corrected chi connectivity index (χ3v) is 4.77. The maximum atomic E-state index is 12.7. The number of hydrogen-bond acceptors (Lipinski definition) is 2. The highest BCUT2D eigenvalue weighted by Crippen LogP contribution is 2.23. The van der Waals surface area contributed by atoms with Crippen LogP contribution in [0.1, 0.15) is 37.4 Å². The summed E-state index contributed by atoms with van der Waals surface area (Å²) in [5, 5.41) is 3.51. The summed E-state index contributed by atoms with van der Waals surface area (Å²) in [6.45, 7) is 3.87. The van der Waals surface area contributed by atoms with Gasteiger partial charge in [0.15, 0.2) is 5.78 Å². The van der Waals surface area contributed by atoms with Crippen molar-refractivity contribution in [3.8, 4) is 0 Å². The molecule has 0 heterocycles. The Bertz CT molecular complexity index is 1030. The highest BCUT2D eigenvalue weighted by Gasteiger charge is 2.14. The lowest BCUT2D eigenvalue weighted by atomic mass is 9.97. The van der Waals surface area contributed by atoms with Gasteiger partial charge in [-0.15, -0.1) is 0 Å². The standard InChI is InChI=1S/C22H17Cl2NO2/c1-13-3-4-14(2)19(11-13)21(26)15-5-8-17(9-6-15)25-22(27)18-10-7-16(23)12-20(18)24/h3-12H,1-2H3,(H,25,27). The van der Waals surface area contributed by atoms with Crippen LogP contribution in [-0.4, -0.2) is 11.7 Å². The number of nitrogens with one attached hydrogen (secondary N) is 1. The molecule has 3 aromatic carbocycles. The van der Waals surface area contributed by atoms with Crippen LogP contribution in [-0.2, 0) is 0 Å². The molecule has 136 valence electrons. The molecule has 0 saturated carbocycles. The zero-order valence-electron chi connectivity index (χ0n) is 14.8. The number of carbonyl (C=O) groups is 2. The Morgan fingerprint density at radius 1 is 0.815 bits per heavy atom. The van der Waals surface area contributed by atoms with Crippen LogP contribution >= 0.6 is 23.2 Å². The van der Waals surface area contributed by atoms with Crippen LogP contribution in [0.25, 0.3) is 0 Å². The molecule has 1 N–H and O–H groups in total. The summed E-state index contributed by atoms with van der Waals surface area (Å²) in [5.41, 5.74) is 4.11. The molecule has 0 spiro atoms. The summed E-state index contributed by atoms with van der Waals surface area (Å²) in [4.78, 5) is 25.1. The van der Waals surface area contributed by atoms with Crippen molar-refractivity contribution in [2.45, 2.75) is 13.8 Å². The minimum Gasteiger partial charge on any atom is -0.322 e. The van der Waals surface area contributed by atoms with Gasteiger partial charge in [0.05, 0.1) is 10.6 Å². The molecule has 0 fully saturated rings. The molecular formula is C22H17Cl2NO2. The molecule has 0 radical (unpaired) electrons. The first-order valence-corrected chi connectivity index (χ1v) is 9.09. The summed E-state index contributed by atoms with van der Waals surface area (Å²) < 4.78 is 0. The molecule has 0 bridgehead atoms. The molecule has 0 aliphatic carbocycles. The molecular weight excluding hydrogens is 381 g/mol. The molecule has 3 aromatic rings. The van der Waals surface area contributed by atoms with Crippen LogP contribution in [0.2, 0.25) is 10.0 Å². The maximum absolute atomic E-state index is 12.7. The van der Waals surface area contributed by atoms with Crippen molar-refractivity contribution in [3.63, 3.8) is 0 Å². The summed E-state index contributed by atoms with van der Waals surface area (Å²) in [6.07, 6.45) is 0. The summed E-state index contributed by atoms with van der Waals surface area (Å²) >= 11 is 11.9. The monoisotopic (exact) mass is 397 g/mol. The molecule has 0 aliphatic rings. The van der Waals surface area contributed by atoms with Gasteiger partial charge in [-0.3, -0.25) is 9.59 Å². The van der Waals surface area contributed by atoms with Crippen LogP contribution in [0.3, 0.4) is 0 Å². The third kappa shape index (κ3) is 4.38. The molecule has 0 aromatic heterocycles. The van der Waals surface area contributed by atoms with Crippen molar-refractivity contribution < 1.29 is 9.59 Å².